The number of likely N-dealkylation sites (tertiary alicyclic amines) is 1. The maximum Gasteiger partial charge on any atom is 0.241 e. The molecule has 0 atom stereocenters. The smallest absolute Gasteiger partial charge is 0.241 e. The highest BCUT2D eigenvalue weighted by Gasteiger charge is 2.24. The van der Waals surface area contributed by atoms with Crippen LogP contribution in [-0.4, -0.2) is 50.2 Å². The minimum Gasteiger partial charge on any atom is -0.383 e. The summed E-state index contributed by atoms with van der Waals surface area (Å²) in [7, 11) is 2.11. The van der Waals surface area contributed by atoms with Crippen molar-refractivity contribution in [1.29, 1.82) is 0 Å². The molecular formula is C37H35F2N7O2. The first-order valence-corrected chi connectivity index (χ1v) is 15.8. The summed E-state index contributed by atoms with van der Waals surface area (Å²) in [4.78, 5) is 37.5. The molecule has 0 spiro atoms. The van der Waals surface area contributed by atoms with E-state index < -0.39 is 22.8 Å². The van der Waals surface area contributed by atoms with Gasteiger partial charge in [-0.05, 0) is 82.2 Å². The average molecular weight is 648 g/mol. The molecule has 0 radical (unpaired) electrons. The van der Waals surface area contributed by atoms with Gasteiger partial charge in [0.15, 0.2) is 11.2 Å². The van der Waals surface area contributed by atoms with Gasteiger partial charge in [-0.3, -0.25) is 18.8 Å². The van der Waals surface area contributed by atoms with E-state index in [1.54, 1.807) is 35.2 Å². The SMILES string of the molecule is [C-]#[N+]c1c(-c2ccc(F)cc2)c(=O)c(C(=O)Cc2ccc(-c3cc(-c4cnn(C5CCN(C)CC5)c4)cnc3N)c(F)c2)cn1C(C)C. The van der Waals surface area contributed by atoms with Crippen LogP contribution in [0.15, 0.2) is 78.1 Å². The van der Waals surface area contributed by atoms with E-state index in [0.29, 0.717) is 22.7 Å². The Kier molecular flexibility index (Phi) is 9.02. The summed E-state index contributed by atoms with van der Waals surface area (Å²) < 4.78 is 32.9. The molecular weight excluding hydrogens is 612 g/mol. The van der Waals surface area contributed by atoms with Crippen molar-refractivity contribution in [3.63, 3.8) is 0 Å². The van der Waals surface area contributed by atoms with Gasteiger partial charge >= 0.3 is 0 Å². The number of carbonyl (C=O) groups excluding carboxylic acids is 1. The summed E-state index contributed by atoms with van der Waals surface area (Å²) in [5, 5.41) is 4.58. The van der Waals surface area contributed by atoms with Crippen molar-refractivity contribution in [1.82, 2.24) is 24.2 Å². The number of nitrogen functional groups attached to an aromatic ring is 1. The minimum atomic E-state index is -0.638. The predicted molar refractivity (Wildman–Crippen MR) is 182 cm³/mol. The Hall–Kier alpha value is -5.47. The van der Waals surface area contributed by atoms with Crippen molar-refractivity contribution >= 4 is 17.4 Å². The summed E-state index contributed by atoms with van der Waals surface area (Å²) in [6, 6.07) is 11.5. The molecule has 9 nitrogen and oxygen atoms in total. The third-order valence-electron chi connectivity index (χ3n) is 8.91. The quantitative estimate of drug-likeness (QED) is 0.142. The van der Waals surface area contributed by atoms with Crippen LogP contribution in [0.5, 0.6) is 0 Å². The van der Waals surface area contributed by atoms with E-state index in [1.165, 1.54) is 36.5 Å². The van der Waals surface area contributed by atoms with E-state index in [-0.39, 0.29) is 40.8 Å². The second-order valence-corrected chi connectivity index (χ2v) is 12.5. The average Bonchev–Trinajstić information content (AvgIpc) is 3.56. The third-order valence-corrected chi connectivity index (χ3v) is 8.91. The number of pyridine rings is 2. The fourth-order valence-electron chi connectivity index (χ4n) is 6.17. The predicted octanol–water partition coefficient (Wildman–Crippen LogP) is 7.12. The number of ketones is 1. The van der Waals surface area contributed by atoms with E-state index >= 15 is 4.39 Å². The number of Topliss-reactive ketones (excluding diaryl/α,β-unsaturated/α-hetero) is 1. The maximum atomic E-state index is 15.7. The van der Waals surface area contributed by atoms with E-state index in [9.17, 15) is 14.0 Å². The number of piperidine rings is 1. The number of hydrogen-bond donors (Lipinski definition) is 1. The van der Waals surface area contributed by atoms with Gasteiger partial charge in [0, 0.05) is 41.1 Å². The van der Waals surface area contributed by atoms with E-state index in [0.717, 1.165) is 37.1 Å². The molecule has 1 aliphatic rings. The second-order valence-electron chi connectivity index (χ2n) is 12.5. The number of nitrogens with zero attached hydrogens (tertiary/aromatic N) is 6. The molecule has 2 N–H and O–H groups in total. The number of carbonyl (C=O) groups is 1. The summed E-state index contributed by atoms with van der Waals surface area (Å²) in [5.74, 6) is -1.41. The van der Waals surface area contributed by atoms with Gasteiger partial charge in [0.05, 0.1) is 30.0 Å². The van der Waals surface area contributed by atoms with Crippen LogP contribution in [-0.2, 0) is 6.42 Å². The van der Waals surface area contributed by atoms with Gasteiger partial charge in [-0.2, -0.15) is 5.10 Å². The van der Waals surface area contributed by atoms with Gasteiger partial charge in [-0.25, -0.2) is 13.8 Å². The van der Waals surface area contributed by atoms with Gasteiger partial charge in [0.1, 0.15) is 23.0 Å². The van der Waals surface area contributed by atoms with Crippen LogP contribution in [0, 0.1) is 18.2 Å². The van der Waals surface area contributed by atoms with Crippen molar-refractivity contribution in [2.45, 2.75) is 45.2 Å². The van der Waals surface area contributed by atoms with Gasteiger partial charge in [-0.1, -0.05) is 30.8 Å². The first-order chi connectivity index (χ1) is 23.0. The summed E-state index contributed by atoms with van der Waals surface area (Å²) >= 11 is 0. The molecule has 244 valence electrons. The number of anilines is 1. The highest BCUT2D eigenvalue weighted by molar-refractivity contribution is 5.99. The molecule has 2 aromatic carbocycles. The molecule has 0 saturated carbocycles. The lowest BCUT2D eigenvalue weighted by Crippen LogP contribution is -2.31. The molecule has 0 amide bonds. The Morgan fingerprint density at radius 2 is 1.73 bits per heavy atom. The Morgan fingerprint density at radius 1 is 1.00 bits per heavy atom. The lowest BCUT2D eigenvalue weighted by Gasteiger charge is -2.28. The Labute approximate surface area is 277 Å². The topological polar surface area (TPSA) is 103 Å². The van der Waals surface area contributed by atoms with Crippen molar-refractivity contribution in [2.75, 3.05) is 25.9 Å². The number of halogens is 2. The van der Waals surface area contributed by atoms with Crippen LogP contribution in [0.1, 0.15) is 54.7 Å². The second kappa shape index (κ2) is 13.3. The normalized spacial score (nSPS) is 13.9. The fourth-order valence-corrected chi connectivity index (χ4v) is 6.17. The van der Waals surface area contributed by atoms with Gasteiger partial charge < -0.3 is 15.5 Å². The summed E-state index contributed by atoms with van der Waals surface area (Å²) in [6.07, 6.45) is 8.55. The highest BCUT2D eigenvalue weighted by Crippen LogP contribution is 2.34. The van der Waals surface area contributed by atoms with Gasteiger partial charge in [0.2, 0.25) is 5.82 Å². The van der Waals surface area contributed by atoms with Crippen LogP contribution in [0.4, 0.5) is 20.4 Å². The standard InChI is InChI=1S/C37H35F2N7O2/c1-22(2)45-21-31(35(48)34(37(45)41-3)24-6-8-27(38)9-7-24)33(47)16-23-5-10-29(32(39)15-23)30-17-25(18-42-36(30)40)26-19-43-46(20-26)28-11-13-44(4)14-12-28/h5-10,15,17-22,28H,11-14,16H2,1-2,4H3,(H2,40,42). The number of hydrogen-bond acceptors (Lipinski definition) is 6. The van der Waals surface area contributed by atoms with Crippen LogP contribution >= 0.6 is 0 Å². The minimum absolute atomic E-state index is 0.0193. The number of rotatable bonds is 8. The molecule has 11 heteroatoms. The van der Waals surface area contributed by atoms with Crippen molar-refractivity contribution in [3.05, 3.63) is 118 Å². The molecule has 0 aliphatic carbocycles. The largest absolute Gasteiger partial charge is 0.383 e. The van der Waals surface area contributed by atoms with Crippen molar-refractivity contribution in [2.24, 2.45) is 0 Å². The van der Waals surface area contributed by atoms with Crippen LogP contribution < -0.4 is 11.2 Å². The number of aromatic nitrogens is 4. The van der Waals surface area contributed by atoms with Crippen LogP contribution in [0.2, 0.25) is 0 Å². The molecule has 0 unspecified atom stereocenters. The summed E-state index contributed by atoms with van der Waals surface area (Å²) in [5.41, 5.74) is 8.37. The first kappa shape index (κ1) is 32.5. The molecule has 1 saturated heterocycles. The molecule has 48 heavy (non-hydrogen) atoms. The highest BCUT2D eigenvalue weighted by atomic mass is 19.1. The fraction of sp³-hybridized carbons (Fsp3) is 0.270. The van der Waals surface area contributed by atoms with Crippen molar-refractivity contribution in [3.8, 4) is 33.4 Å². The number of benzene rings is 2. The third kappa shape index (κ3) is 6.39. The zero-order chi connectivity index (χ0) is 34.1. The monoisotopic (exact) mass is 647 g/mol. The Bertz CT molecular complexity index is 2100. The lowest BCUT2D eigenvalue weighted by atomic mass is 9.96. The molecule has 1 aliphatic heterocycles. The number of nitrogens with two attached hydrogens (primary N) is 1. The van der Waals surface area contributed by atoms with Crippen molar-refractivity contribution < 1.29 is 13.6 Å². The summed E-state index contributed by atoms with van der Waals surface area (Å²) in [6.45, 7) is 13.4. The molecule has 3 aromatic heterocycles. The van der Waals surface area contributed by atoms with Gasteiger partial charge in [-0.15, -0.1) is 0 Å². The Balaban J connectivity index is 1.28. The lowest BCUT2D eigenvalue weighted by molar-refractivity contribution is 0.0991. The van der Waals surface area contributed by atoms with Gasteiger partial charge in [0.25, 0.3) is 0 Å². The maximum absolute atomic E-state index is 15.7. The van der Waals surface area contributed by atoms with Crippen LogP contribution in [0.3, 0.4) is 0 Å². The molecule has 4 heterocycles. The molecule has 5 aromatic rings. The zero-order valence-corrected chi connectivity index (χ0v) is 27.0. The van der Waals surface area contributed by atoms with E-state index in [1.807, 2.05) is 24.7 Å². The van der Waals surface area contributed by atoms with Crippen LogP contribution in [0.25, 0.3) is 38.2 Å². The first-order valence-electron chi connectivity index (χ1n) is 15.8. The zero-order valence-electron chi connectivity index (χ0n) is 27.0. The van der Waals surface area contributed by atoms with E-state index in [4.69, 9.17) is 12.3 Å². The molecule has 6 rings (SSSR count). The van der Waals surface area contributed by atoms with E-state index in [2.05, 4.69) is 26.9 Å². The Morgan fingerprint density at radius 3 is 2.40 bits per heavy atom. The molecule has 1 fully saturated rings. The molecule has 0 bridgehead atoms.